The molecule has 2 heterocycles. The zero-order valence-corrected chi connectivity index (χ0v) is 16.7. The molecule has 7 heteroatoms. The zero-order chi connectivity index (χ0) is 20.7. The van der Waals surface area contributed by atoms with Crippen LogP contribution >= 0.6 is 0 Å². The summed E-state index contributed by atoms with van der Waals surface area (Å²) >= 11 is 0. The highest BCUT2D eigenvalue weighted by atomic mass is 19.1. The second-order valence-corrected chi connectivity index (χ2v) is 7.81. The molecular weight excluding hydrogens is 369 g/mol. The maximum absolute atomic E-state index is 13.8. The molecule has 2 atom stereocenters. The first-order valence-corrected chi connectivity index (χ1v) is 9.62. The molecule has 1 aromatic heterocycles. The van der Waals surface area contributed by atoms with E-state index in [2.05, 4.69) is 16.3 Å². The van der Waals surface area contributed by atoms with Crippen LogP contribution in [0.4, 0.5) is 4.39 Å². The average molecular weight is 391 g/mol. The Balaban J connectivity index is 1.49. The summed E-state index contributed by atoms with van der Waals surface area (Å²) < 4.78 is 15.6. The lowest BCUT2D eigenvalue weighted by Crippen LogP contribution is -2.38. The molecule has 0 N–H and O–H groups in total. The molecule has 2 aromatic rings. The molecule has 6 nitrogen and oxygen atoms in total. The highest BCUT2D eigenvalue weighted by molar-refractivity contribution is 5.86. The fourth-order valence-electron chi connectivity index (χ4n) is 4.07. The first-order chi connectivity index (χ1) is 13.9. The summed E-state index contributed by atoms with van der Waals surface area (Å²) in [7, 11) is 0. The lowest BCUT2D eigenvalue weighted by atomic mass is 9.77. The van der Waals surface area contributed by atoms with Gasteiger partial charge in [-0.25, -0.2) is 9.40 Å². The second-order valence-electron chi connectivity index (χ2n) is 7.81. The molecule has 0 spiro atoms. The highest BCUT2D eigenvalue weighted by Crippen LogP contribution is 2.40. The summed E-state index contributed by atoms with van der Waals surface area (Å²) in [5.74, 6) is -0.571. The van der Waals surface area contributed by atoms with Gasteiger partial charge in [-0.15, -0.1) is 0 Å². The predicted octanol–water partition coefficient (Wildman–Crippen LogP) is 3.81. The van der Waals surface area contributed by atoms with E-state index in [1.165, 1.54) is 17.1 Å². The molecule has 1 aliphatic heterocycles. The van der Waals surface area contributed by atoms with Crippen molar-refractivity contribution in [2.45, 2.75) is 46.2 Å². The number of hydrogen-bond acceptors (Lipinski definition) is 4. The molecule has 4 rings (SSSR count). The minimum atomic E-state index is -0.299. The first-order valence-electron chi connectivity index (χ1n) is 9.62. The monoisotopic (exact) mass is 391 g/mol. The molecule has 0 radical (unpaired) electrons. The summed E-state index contributed by atoms with van der Waals surface area (Å²) in [6.45, 7) is 6.24. The molecular formula is C22H22FN5O. The number of carbonyl (C=O) groups excluding carboxylic acids is 1. The zero-order valence-electron chi connectivity index (χ0n) is 16.7. The Morgan fingerprint density at radius 1 is 1.31 bits per heavy atom. The Morgan fingerprint density at radius 2 is 2.10 bits per heavy atom. The predicted molar refractivity (Wildman–Crippen MR) is 106 cm³/mol. The molecule has 2 aliphatic rings. The molecule has 29 heavy (non-hydrogen) atoms. The van der Waals surface area contributed by atoms with Crippen molar-refractivity contribution in [2.24, 2.45) is 11.0 Å². The number of hydrazone groups is 1. The Hall–Kier alpha value is -3.27. The van der Waals surface area contributed by atoms with Crippen molar-refractivity contribution >= 4 is 12.1 Å². The van der Waals surface area contributed by atoms with Crippen LogP contribution in [0.5, 0.6) is 0 Å². The largest absolute Gasteiger partial charge is 0.272 e. The number of hydrogen-bond donors (Lipinski definition) is 0. The van der Waals surface area contributed by atoms with Crippen molar-refractivity contribution in [2.75, 3.05) is 0 Å². The van der Waals surface area contributed by atoms with E-state index in [0.29, 0.717) is 25.1 Å². The first kappa shape index (κ1) is 19.1. The molecule has 1 aliphatic carbocycles. The van der Waals surface area contributed by atoms with Gasteiger partial charge >= 0.3 is 0 Å². The van der Waals surface area contributed by atoms with Gasteiger partial charge in [0.2, 0.25) is 0 Å². The average Bonchev–Trinajstić information content (AvgIpc) is 3.29. The second kappa shape index (κ2) is 7.28. The van der Waals surface area contributed by atoms with Crippen LogP contribution in [0.15, 0.2) is 40.6 Å². The van der Waals surface area contributed by atoms with Gasteiger partial charge in [-0.05, 0) is 56.0 Å². The van der Waals surface area contributed by atoms with Crippen molar-refractivity contribution in [1.82, 2.24) is 14.8 Å². The minimum Gasteiger partial charge on any atom is -0.272 e. The Labute approximate surface area is 168 Å². The van der Waals surface area contributed by atoms with Gasteiger partial charge < -0.3 is 0 Å². The number of halogens is 1. The molecule has 2 unspecified atom stereocenters. The van der Waals surface area contributed by atoms with Gasteiger partial charge in [-0.3, -0.25) is 9.48 Å². The highest BCUT2D eigenvalue weighted by Gasteiger charge is 2.39. The van der Waals surface area contributed by atoms with Crippen molar-refractivity contribution < 1.29 is 9.18 Å². The van der Waals surface area contributed by atoms with Gasteiger partial charge in [0.15, 0.2) is 5.69 Å². The van der Waals surface area contributed by atoms with Gasteiger partial charge in [0.1, 0.15) is 11.9 Å². The number of allylic oxidation sites excluding steroid dienone is 1. The quantitative estimate of drug-likeness (QED) is 0.744. The molecule has 0 saturated carbocycles. The van der Waals surface area contributed by atoms with E-state index in [9.17, 15) is 9.18 Å². The van der Waals surface area contributed by atoms with Crippen LogP contribution in [0.2, 0.25) is 0 Å². The maximum Gasteiger partial charge on any atom is 0.250 e. The van der Waals surface area contributed by atoms with Crippen molar-refractivity contribution in [3.8, 4) is 6.07 Å². The van der Waals surface area contributed by atoms with E-state index in [-0.39, 0.29) is 23.7 Å². The van der Waals surface area contributed by atoms with Gasteiger partial charge in [0, 0.05) is 24.4 Å². The summed E-state index contributed by atoms with van der Waals surface area (Å²) in [6.07, 6.45) is 4.80. The maximum atomic E-state index is 13.8. The molecule has 148 valence electrons. The Kier molecular flexibility index (Phi) is 4.79. The van der Waals surface area contributed by atoms with Crippen LogP contribution in [-0.4, -0.2) is 26.9 Å². The third-order valence-corrected chi connectivity index (χ3v) is 5.74. The number of aryl methyl sites for hydroxylation is 2. The van der Waals surface area contributed by atoms with Crippen LogP contribution in [-0.2, 0) is 11.3 Å². The number of benzene rings is 1. The topological polar surface area (TPSA) is 74.3 Å². The fraction of sp³-hybridized carbons (Fsp3) is 0.364. The number of nitriles is 1. The van der Waals surface area contributed by atoms with E-state index in [1.807, 2.05) is 33.0 Å². The molecule has 0 fully saturated rings. The number of amides is 1. The van der Waals surface area contributed by atoms with E-state index < -0.39 is 0 Å². The summed E-state index contributed by atoms with van der Waals surface area (Å²) in [4.78, 5) is 13.1. The van der Waals surface area contributed by atoms with Gasteiger partial charge in [-0.1, -0.05) is 11.6 Å². The third kappa shape index (κ3) is 3.46. The lowest BCUT2D eigenvalue weighted by Gasteiger charge is -2.34. The van der Waals surface area contributed by atoms with Crippen LogP contribution in [0.25, 0.3) is 0 Å². The molecule has 1 amide bonds. The van der Waals surface area contributed by atoms with Crippen molar-refractivity contribution in [3.05, 3.63) is 63.7 Å². The number of nitrogens with zero attached hydrogens (tertiary/aromatic N) is 5. The van der Waals surface area contributed by atoms with Crippen LogP contribution in [0, 0.1) is 36.9 Å². The smallest absolute Gasteiger partial charge is 0.250 e. The van der Waals surface area contributed by atoms with E-state index in [1.54, 1.807) is 10.9 Å². The van der Waals surface area contributed by atoms with Gasteiger partial charge in [0.05, 0.1) is 18.5 Å². The molecule has 1 aromatic carbocycles. The van der Waals surface area contributed by atoms with E-state index in [4.69, 9.17) is 5.26 Å². The van der Waals surface area contributed by atoms with E-state index in [0.717, 1.165) is 27.8 Å². The van der Waals surface area contributed by atoms with Crippen LogP contribution < -0.4 is 0 Å². The van der Waals surface area contributed by atoms with Gasteiger partial charge in [0.25, 0.3) is 5.91 Å². The van der Waals surface area contributed by atoms with Crippen molar-refractivity contribution in [1.29, 1.82) is 5.26 Å². The third-order valence-electron chi connectivity index (χ3n) is 5.74. The lowest BCUT2D eigenvalue weighted by molar-refractivity contribution is -0.136. The van der Waals surface area contributed by atoms with E-state index >= 15 is 0 Å². The Morgan fingerprint density at radius 3 is 2.76 bits per heavy atom. The molecule has 0 saturated heterocycles. The van der Waals surface area contributed by atoms with Crippen LogP contribution in [0.3, 0.4) is 0 Å². The normalized spacial score (nSPS) is 20.7. The summed E-state index contributed by atoms with van der Waals surface area (Å²) in [5.41, 5.74) is 5.04. The van der Waals surface area contributed by atoms with Crippen molar-refractivity contribution in [3.63, 3.8) is 0 Å². The number of aromatic nitrogens is 2. The summed E-state index contributed by atoms with van der Waals surface area (Å²) in [6, 6.07) is 6.68. The minimum absolute atomic E-state index is 0.0544. The fourth-order valence-corrected chi connectivity index (χ4v) is 4.07. The summed E-state index contributed by atoms with van der Waals surface area (Å²) in [5, 5.41) is 19.1. The standard InChI is InChI=1S/C22H22FN5O/c1-13-6-16(8-18(23)7-13)21-4-5-25-28(21)22(29)19-9-17(15(19)3)12-27-11-14(2)20(10-24)26-27/h5-8,11,19,21H,4,9,12H2,1-3H3. The van der Waals surface area contributed by atoms with Crippen LogP contribution in [0.1, 0.15) is 48.2 Å². The Bertz CT molecular complexity index is 1070. The number of rotatable bonds is 4. The number of carbonyl (C=O) groups is 1. The SMILES string of the molecule is CC1=C(Cn2cc(C)c(C#N)n2)CC1C(=O)N1N=CCC1c1cc(C)cc(F)c1. The molecule has 0 bridgehead atoms. The van der Waals surface area contributed by atoms with Gasteiger partial charge in [-0.2, -0.15) is 15.5 Å².